The molecule has 1 aliphatic heterocycles. The van der Waals surface area contributed by atoms with Crippen molar-refractivity contribution in [3.63, 3.8) is 0 Å². The van der Waals surface area contributed by atoms with Gasteiger partial charge in [-0.2, -0.15) is 0 Å². The number of nitrogens with zero attached hydrogens (tertiary/aromatic N) is 1. The number of hydrogen-bond donors (Lipinski definition) is 2. The molecule has 30 heavy (non-hydrogen) atoms. The van der Waals surface area contributed by atoms with E-state index in [0.29, 0.717) is 12.3 Å². The molecule has 1 fully saturated rings. The van der Waals surface area contributed by atoms with Crippen molar-refractivity contribution in [3.05, 3.63) is 12.7 Å². The van der Waals surface area contributed by atoms with Crippen LogP contribution in [0.5, 0.6) is 0 Å². The van der Waals surface area contributed by atoms with Crippen molar-refractivity contribution < 1.29 is 29.0 Å². The summed E-state index contributed by atoms with van der Waals surface area (Å²) in [6, 6.07) is -1.75. The van der Waals surface area contributed by atoms with Gasteiger partial charge in [-0.05, 0) is 45.4 Å². The zero-order valence-corrected chi connectivity index (χ0v) is 19.1. The van der Waals surface area contributed by atoms with Crippen molar-refractivity contribution in [3.8, 4) is 0 Å². The lowest BCUT2D eigenvalue weighted by Crippen LogP contribution is -2.55. The number of β-amino-alcohol motifs (C(OH)–C–C–N with tert-alkyl or cyclic N) is 1. The molecule has 2 amide bonds. The topological polar surface area (TPSA) is 105 Å². The minimum Gasteiger partial charge on any atom is -0.467 e. The summed E-state index contributed by atoms with van der Waals surface area (Å²) in [5, 5.41) is 12.7. The third-order valence-electron chi connectivity index (χ3n) is 5.26. The van der Waals surface area contributed by atoms with Crippen molar-refractivity contribution in [1.82, 2.24) is 10.2 Å². The van der Waals surface area contributed by atoms with Crippen molar-refractivity contribution >= 4 is 18.0 Å². The van der Waals surface area contributed by atoms with E-state index in [1.165, 1.54) is 12.0 Å². The summed E-state index contributed by atoms with van der Waals surface area (Å²) in [6.45, 7) is 13.0. The van der Waals surface area contributed by atoms with Crippen LogP contribution in [-0.2, 0) is 19.1 Å². The SMILES string of the molecule is C=CC(C)CCC[C@@H](C)[C@@H](NC(=O)OC(C)(C)C)C(=O)N1CC(O)CC1C(=O)OC. The molecule has 0 aromatic heterocycles. The first-order chi connectivity index (χ1) is 13.9. The maximum absolute atomic E-state index is 13.3. The van der Waals surface area contributed by atoms with E-state index in [9.17, 15) is 19.5 Å². The van der Waals surface area contributed by atoms with Crippen molar-refractivity contribution in [1.29, 1.82) is 0 Å². The molecule has 0 aliphatic carbocycles. The van der Waals surface area contributed by atoms with Crippen LogP contribution in [0, 0.1) is 11.8 Å². The molecule has 1 heterocycles. The summed E-state index contributed by atoms with van der Waals surface area (Å²) in [5.74, 6) is -0.832. The smallest absolute Gasteiger partial charge is 0.408 e. The van der Waals surface area contributed by atoms with E-state index in [-0.39, 0.29) is 18.9 Å². The molecule has 8 nitrogen and oxygen atoms in total. The molecular weight excluding hydrogens is 388 g/mol. The van der Waals surface area contributed by atoms with Crippen LogP contribution in [0.1, 0.15) is 60.3 Å². The highest BCUT2D eigenvalue weighted by Crippen LogP contribution is 2.24. The van der Waals surface area contributed by atoms with Crippen LogP contribution >= 0.6 is 0 Å². The highest BCUT2D eigenvalue weighted by Gasteiger charge is 2.43. The Kier molecular flexibility index (Phi) is 9.81. The number of allylic oxidation sites excluding steroid dienone is 1. The van der Waals surface area contributed by atoms with Gasteiger partial charge in [0, 0.05) is 13.0 Å². The van der Waals surface area contributed by atoms with Crippen molar-refractivity contribution in [2.45, 2.75) is 84.1 Å². The summed E-state index contributed by atoms with van der Waals surface area (Å²) in [6.07, 6.45) is 2.97. The predicted octanol–water partition coefficient (Wildman–Crippen LogP) is 2.64. The second-order valence-electron chi connectivity index (χ2n) is 9.16. The standard InChI is InChI=1S/C22H38N2O6/c1-8-14(2)10-9-11-15(3)18(23-21(28)30-22(4,5)6)19(26)24-13-16(25)12-17(24)20(27)29-7/h8,14-18,25H,1,9-13H2,2-7H3,(H,23,28)/t14?,15-,16?,17?,18-/m1/s1. The Hall–Kier alpha value is -2.09. The third-order valence-corrected chi connectivity index (χ3v) is 5.26. The van der Waals surface area contributed by atoms with Gasteiger partial charge in [-0.3, -0.25) is 4.79 Å². The molecule has 1 aliphatic rings. The second-order valence-corrected chi connectivity index (χ2v) is 9.16. The summed E-state index contributed by atoms with van der Waals surface area (Å²) >= 11 is 0. The number of alkyl carbamates (subject to hydrolysis) is 1. The Bertz CT molecular complexity index is 615. The van der Waals surface area contributed by atoms with Crippen molar-refractivity contribution in [2.75, 3.05) is 13.7 Å². The maximum Gasteiger partial charge on any atom is 0.408 e. The molecule has 0 aromatic carbocycles. The molecule has 0 aromatic rings. The lowest BCUT2D eigenvalue weighted by molar-refractivity contribution is -0.152. The van der Waals surface area contributed by atoms with Gasteiger partial charge < -0.3 is 24.8 Å². The number of carbonyl (C=O) groups excluding carboxylic acids is 3. The Morgan fingerprint density at radius 2 is 1.90 bits per heavy atom. The summed E-state index contributed by atoms with van der Waals surface area (Å²) in [4.78, 5) is 39.2. The Labute approximate surface area is 180 Å². The number of nitrogens with one attached hydrogen (secondary N) is 1. The van der Waals surface area contributed by atoms with Gasteiger partial charge in [0.1, 0.15) is 17.7 Å². The normalized spacial score (nSPS) is 22.0. The molecule has 0 bridgehead atoms. The number of aliphatic hydroxyl groups excluding tert-OH is 1. The summed E-state index contributed by atoms with van der Waals surface area (Å²) < 4.78 is 10.1. The van der Waals surface area contributed by atoms with Gasteiger partial charge in [0.15, 0.2) is 0 Å². The fourth-order valence-corrected chi connectivity index (χ4v) is 3.52. The van der Waals surface area contributed by atoms with E-state index < -0.39 is 41.8 Å². The van der Waals surface area contributed by atoms with Gasteiger partial charge in [-0.25, -0.2) is 9.59 Å². The molecule has 0 spiro atoms. The summed E-state index contributed by atoms with van der Waals surface area (Å²) in [5.41, 5.74) is -0.710. The number of likely N-dealkylation sites (tertiary alicyclic amines) is 1. The Morgan fingerprint density at radius 1 is 1.27 bits per heavy atom. The van der Waals surface area contributed by atoms with Crippen LogP contribution in [-0.4, -0.2) is 65.4 Å². The average molecular weight is 427 g/mol. The van der Waals surface area contributed by atoms with Crippen molar-refractivity contribution in [2.24, 2.45) is 11.8 Å². The predicted molar refractivity (Wildman–Crippen MR) is 114 cm³/mol. The fourth-order valence-electron chi connectivity index (χ4n) is 3.52. The lowest BCUT2D eigenvalue weighted by Gasteiger charge is -2.31. The van der Waals surface area contributed by atoms with Gasteiger partial charge in [0.2, 0.25) is 5.91 Å². The number of carbonyl (C=O) groups is 3. The Morgan fingerprint density at radius 3 is 2.43 bits per heavy atom. The first kappa shape index (κ1) is 25.9. The van der Waals surface area contributed by atoms with Crippen LogP contribution in [0.15, 0.2) is 12.7 Å². The number of hydrogen-bond acceptors (Lipinski definition) is 6. The molecule has 3 unspecified atom stereocenters. The molecule has 0 saturated carbocycles. The monoisotopic (exact) mass is 426 g/mol. The van der Waals surface area contributed by atoms with Gasteiger partial charge in [0.25, 0.3) is 0 Å². The van der Waals surface area contributed by atoms with E-state index >= 15 is 0 Å². The second kappa shape index (κ2) is 11.3. The van der Waals surface area contributed by atoms with E-state index in [0.717, 1.165) is 12.8 Å². The largest absolute Gasteiger partial charge is 0.467 e. The van der Waals surface area contributed by atoms with Gasteiger partial charge in [-0.15, -0.1) is 6.58 Å². The van der Waals surface area contributed by atoms with Crippen LogP contribution in [0.25, 0.3) is 0 Å². The molecule has 1 rings (SSSR count). The summed E-state index contributed by atoms with van der Waals surface area (Å²) in [7, 11) is 1.25. The molecule has 5 atom stereocenters. The van der Waals surface area contributed by atoms with Crippen LogP contribution in [0.4, 0.5) is 4.79 Å². The first-order valence-corrected chi connectivity index (χ1v) is 10.6. The number of ether oxygens (including phenoxy) is 2. The number of amides is 2. The van der Waals surface area contributed by atoms with Crippen LogP contribution in [0.2, 0.25) is 0 Å². The fraction of sp³-hybridized carbons (Fsp3) is 0.773. The molecule has 8 heteroatoms. The molecule has 172 valence electrons. The molecular formula is C22H38N2O6. The van der Waals surface area contributed by atoms with Gasteiger partial charge in [0.05, 0.1) is 13.2 Å². The third kappa shape index (κ3) is 7.97. The minimum atomic E-state index is -0.878. The van der Waals surface area contributed by atoms with Gasteiger partial charge >= 0.3 is 12.1 Å². The Balaban J connectivity index is 2.99. The number of esters is 1. The number of rotatable bonds is 9. The zero-order valence-electron chi connectivity index (χ0n) is 19.1. The van der Waals surface area contributed by atoms with Gasteiger partial charge in [-0.1, -0.05) is 26.3 Å². The average Bonchev–Trinajstić information content (AvgIpc) is 3.04. The van der Waals surface area contributed by atoms with Crippen LogP contribution in [0.3, 0.4) is 0 Å². The molecule has 2 N–H and O–H groups in total. The van der Waals surface area contributed by atoms with E-state index in [4.69, 9.17) is 9.47 Å². The quantitative estimate of drug-likeness (QED) is 0.434. The van der Waals surface area contributed by atoms with E-state index in [1.54, 1.807) is 20.8 Å². The minimum absolute atomic E-state index is 0.0192. The molecule has 1 saturated heterocycles. The lowest BCUT2D eigenvalue weighted by atomic mass is 9.92. The highest BCUT2D eigenvalue weighted by molar-refractivity contribution is 5.90. The highest BCUT2D eigenvalue weighted by atomic mass is 16.6. The zero-order chi connectivity index (χ0) is 23.1. The van der Waals surface area contributed by atoms with E-state index in [2.05, 4.69) is 18.8 Å². The maximum atomic E-state index is 13.3. The molecule has 0 radical (unpaired) electrons. The number of methoxy groups -OCH3 is 1. The first-order valence-electron chi connectivity index (χ1n) is 10.6. The van der Waals surface area contributed by atoms with Crippen LogP contribution < -0.4 is 5.32 Å². The van der Waals surface area contributed by atoms with E-state index in [1.807, 2.05) is 13.0 Å². The number of aliphatic hydroxyl groups is 1.